The first-order valence-electron chi connectivity index (χ1n) is 5.04. The highest BCUT2D eigenvalue weighted by Crippen LogP contribution is 2.21. The summed E-state index contributed by atoms with van der Waals surface area (Å²) in [7, 11) is 0. The zero-order chi connectivity index (χ0) is 13.1. The summed E-state index contributed by atoms with van der Waals surface area (Å²) in [4.78, 5) is 10.9. The molecule has 0 aliphatic heterocycles. The smallest absolute Gasteiger partial charge is 0.310 e. The van der Waals surface area contributed by atoms with Gasteiger partial charge >= 0.3 is 5.97 Å². The van der Waals surface area contributed by atoms with Crippen LogP contribution in [0, 0.1) is 22.6 Å². The normalized spacial score (nSPS) is 10.7. The minimum Gasteiger partial charge on any atom is -0.481 e. The van der Waals surface area contributed by atoms with Crippen LogP contribution < -0.4 is 5.32 Å². The van der Waals surface area contributed by atoms with Crippen molar-refractivity contribution in [2.24, 2.45) is 5.41 Å². The van der Waals surface area contributed by atoms with Crippen molar-refractivity contribution in [3.05, 3.63) is 29.6 Å². The molecule has 0 unspecified atom stereocenters. The number of halogens is 1. The minimum absolute atomic E-state index is 0.103. The second-order valence-corrected chi connectivity index (χ2v) is 4.32. The summed E-state index contributed by atoms with van der Waals surface area (Å²) in [5.74, 6) is -1.58. The molecule has 0 saturated carbocycles. The first-order valence-corrected chi connectivity index (χ1v) is 5.04. The van der Waals surface area contributed by atoms with Gasteiger partial charge in [0.05, 0.1) is 11.1 Å². The molecule has 0 radical (unpaired) electrons. The van der Waals surface area contributed by atoms with Gasteiger partial charge in [0.15, 0.2) is 0 Å². The van der Waals surface area contributed by atoms with Crippen LogP contribution in [-0.2, 0) is 4.79 Å². The van der Waals surface area contributed by atoms with Gasteiger partial charge in [0.25, 0.3) is 0 Å². The zero-order valence-electron chi connectivity index (χ0n) is 9.62. The Morgan fingerprint density at radius 1 is 1.59 bits per heavy atom. The van der Waals surface area contributed by atoms with E-state index < -0.39 is 17.2 Å². The van der Waals surface area contributed by atoms with Crippen molar-refractivity contribution < 1.29 is 14.3 Å². The molecule has 17 heavy (non-hydrogen) atoms. The predicted octanol–water partition coefficient (Wildman–Crippen LogP) is 2.22. The molecule has 0 aromatic heterocycles. The summed E-state index contributed by atoms with van der Waals surface area (Å²) in [5.41, 5.74) is -0.783. The Bertz CT molecular complexity index is 478. The average Bonchev–Trinajstić information content (AvgIpc) is 2.26. The molecule has 0 heterocycles. The molecule has 90 valence electrons. The molecule has 0 atom stereocenters. The summed E-state index contributed by atoms with van der Waals surface area (Å²) in [6, 6.07) is 5.94. The van der Waals surface area contributed by atoms with Crippen molar-refractivity contribution in [3.8, 4) is 6.07 Å². The van der Waals surface area contributed by atoms with E-state index in [-0.39, 0.29) is 12.1 Å². The Balaban J connectivity index is 2.88. The number of carboxylic acids is 1. The van der Waals surface area contributed by atoms with Gasteiger partial charge < -0.3 is 10.4 Å². The minimum atomic E-state index is -0.987. The molecule has 0 aliphatic rings. The Kier molecular flexibility index (Phi) is 3.69. The number of anilines is 1. The average molecular weight is 236 g/mol. The molecule has 1 aromatic carbocycles. The number of nitriles is 1. The van der Waals surface area contributed by atoms with Gasteiger partial charge in [-0.1, -0.05) is 6.07 Å². The second-order valence-electron chi connectivity index (χ2n) is 4.32. The summed E-state index contributed by atoms with van der Waals surface area (Å²) in [6.45, 7) is 3.21. The lowest BCUT2D eigenvalue weighted by atomic mass is 9.93. The first kappa shape index (κ1) is 13.0. The molecule has 0 aliphatic carbocycles. The van der Waals surface area contributed by atoms with Crippen molar-refractivity contribution >= 4 is 11.7 Å². The highest BCUT2D eigenvalue weighted by atomic mass is 19.1. The maximum Gasteiger partial charge on any atom is 0.310 e. The van der Waals surface area contributed by atoms with Gasteiger partial charge in [-0.25, -0.2) is 4.39 Å². The van der Waals surface area contributed by atoms with Crippen LogP contribution >= 0.6 is 0 Å². The Morgan fingerprint density at radius 2 is 2.24 bits per heavy atom. The topological polar surface area (TPSA) is 73.1 Å². The van der Waals surface area contributed by atoms with Crippen LogP contribution in [0.2, 0.25) is 0 Å². The van der Waals surface area contributed by atoms with Crippen LogP contribution in [0.25, 0.3) is 0 Å². The molecule has 4 nitrogen and oxygen atoms in total. The fourth-order valence-electron chi connectivity index (χ4n) is 1.18. The van der Waals surface area contributed by atoms with Crippen LogP contribution in [0.15, 0.2) is 18.2 Å². The predicted molar refractivity (Wildman–Crippen MR) is 61.0 cm³/mol. The van der Waals surface area contributed by atoms with Crippen molar-refractivity contribution in [1.29, 1.82) is 5.26 Å². The van der Waals surface area contributed by atoms with Crippen molar-refractivity contribution in [2.45, 2.75) is 13.8 Å². The third kappa shape index (κ3) is 2.94. The molecule has 1 aromatic rings. The quantitative estimate of drug-likeness (QED) is 0.840. The summed E-state index contributed by atoms with van der Waals surface area (Å²) in [6.07, 6.45) is 0. The number of carboxylic acid groups (broad SMARTS) is 1. The van der Waals surface area contributed by atoms with Crippen molar-refractivity contribution in [1.82, 2.24) is 0 Å². The van der Waals surface area contributed by atoms with E-state index in [4.69, 9.17) is 10.4 Å². The Labute approximate surface area is 98.7 Å². The van der Waals surface area contributed by atoms with Gasteiger partial charge in [-0.15, -0.1) is 0 Å². The number of benzene rings is 1. The van der Waals surface area contributed by atoms with Gasteiger partial charge in [-0.2, -0.15) is 5.26 Å². The molecule has 0 spiro atoms. The summed E-state index contributed by atoms with van der Waals surface area (Å²) in [5, 5.41) is 20.5. The molecule has 0 saturated heterocycles. The zero-order valence-corrected chi connectivity index (χ0v) is 9.62. The molecular weight excluding hydrogens is 223 g/mol. The van der Waals surface area contributed by atoms with E-state index in [9.17, 15) is 9.18 Å². The number of hydrogen-bond donors (Lipinski definition) is 2. The fourth-order valence-corrected chi connectivity index (χ4v) is 1.18. The number of nitrogens with zero attached hydrogens (tertiary/aromatic N) is 1. The van der Waals surface area contributed by atoms with Crippen LogP contribution in [0.5, 0.6) is 0 Å². The third-order valence-corrected chi connectivity index (χ3v) is 2.43. The number of aliphatic carboxylic acids is 1. The highest BCUT2D eigenvalue weighted by molar-refractivity contribution is 5.74. The van der Waals surface area contributed by atoms with E-state index in [1.165, 1.54) is 12.1 Å². The molecule has 2 N–H and O–H groups in total. The summed E-state index contributed by atoms with van der Waals surface area (Å²) >= 11 is 0. The molecule has 0 bridgehead atoms. The lowest BCUT2D eigenvalue weighted by Crippen LogP contribution is -2.32. The molecule has 5 heteroatoms. The van der Waals surface area contributed by atoms with Crippen LogP contribution in [0.1, 0.15) is 19.4 Å². The number of carbonyl (C=O) groups is 1. The van der Waals surface area contributed by atoms with E-state index in [1.54, 1.807) is 26.0 Å². The van der Waals surface area contributed by atoms with E-state index in [2.05, 4.69) is 5.32 Å². The standard InChI is InChI=1S/C12H13FN2O2/c1-12(2,11(16)17)7-15-10-5-3-4-9(13)8(10)6-14/h3-5,15H,7H2,1-2H3,(H,16,17). The SMILES string of the molecule is CC(C)(CNc1cccc(F)c1C#N)C(=O)O. The summed E-state index contributed by atoms with van der Waals surface area (Å²) < 4.78 is 13.3. The maximum atomic E-state index is 13.3. The van der Waals surface area contributed by atoms with Gasteiger partial charge in [0.1, 0.15) is 17.4 Å². The van der Waals surface area contributed by atoms with Crippen LogP contribution in [-0.4, -0.2) is 17.6 Å². The lowest BCUT2D eigenvalue weighted by Gasteiger charge is -2.20. The number of hydrogen-bond acceptors (Lipinski definition) is 3. The Hall–Kier alpha value is -2.09. The first-order chi connectivity index (χ1) is 7.88. The molecule has 0 fully saturated rings. The third-order valence-electron chi connectivity index (χ3n) is 2.43. The van der Waals surface area contributed by atoms with Gasteiger partial charge in [0.2, 0.25) is 0 Å². The molecular formula is C12H13FN2O2. The van der Waals surface area contributed by atoms with Crippen LogP contribution in [0.3, 0.4) is 0 Å². The van der Waals surface area contributed by atoms with Crippen molar-refractivity contribution in [2.75, 3.05) is 11.9 Å². The van der Waals surface area contributed by atoms with E-state index >= 15 is 0 Å². The monoisotopic (exact) mass is 236 g/mol. The maximum absolute atomic E-state index is 13.3. The van der Waals surface area contributed by atoms with E-state index in [0.29, 0.717) is 5.69 Å². The van der Waals surface area contributed by atoms with Gasteiger partial charge in [-0.05, 0) is 26.0 Å². The van der Waals surface area contributed by atoms with Crippen LogP contribution in [0.4, 0.5) is 10.1 Å². The van der Waals surface area contributed by atoms with E-state index in [0.717, 1.165) is 0 Å². The van der Waals surface area contributed by atoms with Gasteiger partial charge in [0, 0.05) is 6.54 Å². The van der Waals surface area contributed by atoms with Crippen molar-refractivity contribution in [3.63, 3.8) is 0 Å². The second kappa shape index (κ2) is 4.83. The lowest BCUT2D eigenvalue weighted by molar-refractivity contribution is -0.146. The largest absolute Gasteiger partial charge is 0.481 e. The highest BCUT2D eigenvalue weighted by Gasteiger charge is 2.27. The Morgan fingerprint density at radius 3 is 2.76 bits per heavy atom. The van der Waals surface area contributed by atoms with Gasteiger partial charge in [-0.3, -0.25) is 4.79 Å². The number of nitrogens with one attached hydrogen (secondary N) is 1. The number of rotatable bonds is 4. The molecule has 1 rings (SSSR count). The fraction of sp³-hybridized carbons (Fsp3) is 0.333. The van der Waals surface area contributed by atoms with E-state index in [1.807, 2.05) is 0 Å². The molecule has 0 amide bonds.